The first kappa shape index (κ1) is 15.5. The SMILES string of the molecule is CCC(CC)(CO)CNC(C)c1ccc2c(c1)CCC2. The Balaban J connectivity index is 1.99. The van der Waals surface area contributed by atoms with E-state index in [1.54, 1.807) is 0 Å². The molecule has 0 saturated heterocycles. The largest absolute Gasteiger partial charge is 0.396 e. The molecule has 1 aromatic carbocycles. The van der Waals surface area contributed by atoms with Crippen molar-refractivity contribution in [1.29, 1.82) is 0 Å². The van der Waals surface area contributed by atoms with Crippen LogP contribution in [0.15, 0.2) is 18.2 Å². The van der Waals surface area contributed by atoms with Crippen LogP contribution in [0, 0.1) is 5.41 Å². The Morgan fingerprint density at radius 1 is 1.20 bits per heavy atom. The van der Waals surface area contributed by atoms with Gasteiger partial charge >= 0.3 is 0 Å². The lowest BCUT2D eigenvalue weighted by atomic mass is 9.83. The molecule has 0 aromatic heterocycles. The van der Waals surface area contributed by atoms with Crippen LogP contribution >= 0.6 is 0 Å². The van der Waals surface area contributed by atoms with Crippen molar-refractivity contribution in [1.82, 2.24) is 5.32 Å². The summed E-state index contributed by atoms with van der Waals surface area (Å²) in [5.74, 6) is 0. The summed E-state index contributed by atoms with van der Waals surface area (Å²) in [5.41, 5.74) is 4.48. The predicted molar refractivity (Wildman–Crippen MR) is 85.0 cm³/mol. The first-order valence-corrected chi connectivity index (χ1v) is 8.10. The van der Waals surface area contributed by atoms with E-state index in [1.807, 2.05) is 0 Å². The standard InChI is InChI=1S/C18H29NO/c1-4-18(5-2,13-20)12-19-14(3)16-10-9-15-7-6-8-17(15)11-16/h9-11,14,19-20H,4-8,12-13H2,1-3H3. The van der Waals surface area contributed by atoms with Crippen LogP contribution in [0.4, 0.5) is 0 Å². The summed E-state index contributed by atoms with van der Waals surface area (Å²) in [6, 6.07) is 7.29. The molecule has 2 rings (SSSR count). The van der Waals surface area contributed by atoms with Crippen molar-refractivity contribution in [3.05, 3.63) is 34.9 Å². The van der Waals surface area contributed by atoms with Crippen molar-refractivity contribution in [2.75, 3.05) is 13.2 Å². The molecule has 0 saturated carbocycles. The van der Waals surface area contributed by atoms with E-state index in [0.717, 1.165) is 19.4 Å². The van der Waals surface area contributed by atoms with Gasteiger partial charge in [0, 0.05) is 24.6 Å². The lowest BCUT2D eigenvalue weighted by molar-refractivity contribution is 0.110. The van der Waals surface area contributed by atoms with Crippen LogP contribution in [0.2, 0.25) is 0 Å². The number of aliphatic hydroxyl groups excluding tert-OH is 1. The molecule has 2 heteroatoms. The molecule has 1 atom stereocenters. The van der Waals surface area contributed by atoms with Crippen LogP contribution in [0.3, 0.4) is 0 Å². The molecule has 112 valence electrons. The van der Waals surface area contributed by atoms with E-state index in [1.165, 1.54) is 36.0 Å². The van der Waals surface area contributed by atoms with E-state index in [9.17, 15) is 5.11 Å². The zero-order valence-corrected chi connectivity index (χ0v) is 13.2. The van der Waals surface area contributed by atoms with Gasteiger partial charge in [0.15, 0.2) is 0 Å². The number of rotatable bonds is 7. The van der Waals surface area contributed by atoms with Gasteiger partial charge in [-0.15, -0.1) is 0 Å². The monoisotopic (exact) mass is 275 g/mol. The van der Waals surface area contributed by atoms with Gasteiger partial charge in [-0.25, -0.2) is 0 Å². The van der Waals surface area contributed by atoms with Crippen LogP contribution in [0.5, 0.6) is 0 Å². The summed E-state index contributed by atoms with van der Waals surface area (Å²) in [6.45, 7) is 7.71. The van der Waals surface area contributed by atoms with E-state index < -0.39 is 0 Å². The van der Waals surface area contributed by atoms with E-state index in [4.69, 9.17) is 0 Å². The van der Waals surface area contributed by atoms with Gasteiger partial charge in [0.05, 0.1) is 0 Å². The average Bonchev–Trinajstić information content (AvgIpc) is 2.96. The second kappa shape index (κ2) is 6.73. The Labute approximate surface area is 123 Å². The van der Waals surface area contributed by atoms with Crippen molar-refractivity contribution < 1.29 is 5.11 Å². The normalized spacial score (nSPS) is 16.2. The number of benzene rings is 1. The van der Waals surface area contributed by atoms with Gasteiger partial charge in [-0.2, -0.15) is 0 Å². The predicted octanol–water partition coefficient (Wildman–Crippen LogP) is 3.62. The molecule has 0 bridgehead atoms. The molecule has 1 aromatic rings. The molecule has 0 spiro atoms. The Bertz CT molecular complexity index is 429. The van der Waals surface area contributed by atoms with Gasteiger partial charge in [-0.1, -0.05) is 32.0 Å². The zero-order chi connectivity index (χ0) is 14.6. The maximum absolute atomic E-state index is 9.65. The summed E-state index contributed by atoms with van der Waals surface area (Å²) >= 11 is 0. The molecule has 0 radical (unpaired) electrons. The summed E-state index contributed by atoms with van der Waals surface area (Å²) in [6.07, 6.45) is 5.82. The lowest BCUT2D eigenvalue weighted by Gasteiger charge is -2.31. The Morgan fingerprint density at radius 2 is 1.90 bits per heavy atom. The molecular formula is C18H29NO. The fourth-order valence-corrected chi connectivity index (χ4v) is 3.13. The summed E-state index contributed by atoms with van der Waals surface area (Å²) in [5, 5.41) is 13.3. The fraction of sp³-hybridized carbons (Fsp3) is 0.667. The molecule has 0 amide bonds. The van der Waals surface area contributed by atoms with Crippen molar-refractivity contribution in [2.45, 2.75) is 58.9 Å². The number of aliphatic hydroxyl groups is 1. The maximum atomic E-state index is 9.65. The number of hydrogen-bond acceptors (Lipinski definition) is 2. The number of fused-ring (bicyclic) bond motifs is 1. The third kappa shape index (κ3) is 3.24. The highest BCUT2D eigenvalue weighted by atomic mass is 16.3. The van der Waals surface area contributed by atoms with Crippen molar-refractivity contribution in [2.24, 2.45) is 5.41 Å². The van der Waals surface area contributed by atoms with Crippen LogP contribution < -0.4 is 5.32 Å². The molecule has 1 unspecified atom stereocenters. The highest BCUT2D eigenvalue weighted by Crippen LogP contribution is 2.28. The first-order chi connectivity index (χ1) is 9.64. The van der Waals surface area contributed by atoms with Crippen molar-refractivity contribution in [3.8, 4) is 0 Å². The van der Waals surface area contributed by atoms with Crippen LogP contribution in [-0.4, -0.2) is 18.3 Å². The second-order valence-electron chi connectivity index (χ2n) is 6.35. The van der Waals surface area contributed by atoms with Gasteiger partial charge in [0.25, 0.3) is 0 Å². The highest BCUT2D eigenvalue weighted by Gasteiger charge is 2.25. The lowest BCUT2D eigenvalue weighted by Crippen LogP contribution is -2.37. The number of aryl methyl sites for hydroxylation is 2. The maximum Gasteiger partial charge on any atom is 0.0499 e. The second-order valence-corrected chi connectivity index (χ2v) is 6.35. The molecule has 0 aliphatic heterocycles. The minimum absolute atomic E-state index is 0.0327. The molecule has 1 aliphatic rings. The summed E-state index contributed by atoms with van der Waals surface area (Å²) in [4.78, 5) is 0. The number of nitrogens with one attached hydrogen (secondary N) is 1. The van der Waals surface area contributed by atoms with Gasteiger partial charge in [-0.05, 0) is 55.7 Å². The minimum atomic E-state index is 0.0327. The highest BCUT2D eigenvalue weighted by molar-refractivity contribution is 5.36. The van der Waals surface area contributed by atoms with E-state index in [-0.39, 0.29) is 12.0 Å². The van der Waals surface area contributed by atoms with E-state index in [2.05, 4.69) is 44.3 Å². The third-order valence-electron chi connectivity index (χ3n) is 5.24. The van der Waals surface area contributed by atoms with Gasteiger partial charge in [-0.3, -0.25) is 0 Å². The Hall–Kier alpha value is -0.860. The van der Waals surface area contributed by atoms with Crippen molar-refractivity contribution in [3.63, 3.8) is 0 Å². The fourth-order valence-electron chi connectivity index (χ4n) is 3.13. The van der Waals surface area contributed by atoms with Crippen molar-refractivity contribution >= 4 is 0 Å². The van der Waals surface area contributed by atoms with Crippen LogP contribution in [0.25, 0.3) is 0 Å². The van der Waals surface area contributed by atoms with E-state index >= 15 is 0 Å². The van der Waals surface area contributed by atoms with Gasteiger partial charge < -0.3 is 10.4 Å². The molecular weight excluding hydrogens is 246 g/mol. The quantitative estimate of drug-likeness (QED) is 0.796. The topological polar surface area (TPSA) is 32.3 Å². The van der Waals surface area contributed by atoms with Crippen LogP contribution in [-0.2, 0) is 12.8 Å². The molecule has 2 nitrogen and oxygen atoms in total. The Kier molecular flexibility index (Phi) is 5.22. The first-order valence-electron chi connectivity index (χ1n) is 8.10. The average molecular weight is 275 g/mol. The minimum Gasteiger partial charge on any atom is -0.396 e. The molecule has 0 fully saturated rings. The number of hydrogen-bond donors (Lipinski definition) is 2. The Morgan fingerprint density at radius 3 is 2.55 bits per heavy atom. The summed E-state index contributed by atoms with van der Waals surface area (Å²) < 4.78 is 0. The molecule has 1 aliphatic carbocycles. The van der Waals surface area contributed by atoms with Gasteiger partial charge in [0.2, 0.25) is 0 Å². The van der Waals surface area contributed by atoms with Crippen LogP contribution in [0.1, 0.15) is 62.8 Å². The van der Waals surface area contributed by atoms with Gasteiger partial charge in [0.1, 0.15) is 0 Å². The third-order valence-corrected chi connectivity index (χ3v) is 5.24. The molecule has 0 heterocycles. The molecule has 20 heavy (non-hydrogen) atoms. The smallest absolute Gasteiger partial charge is 0.0499 e. The molecule has 2 N–H and O–H groups in total. The zero-order valence-electron chi connectivity index (χ0n) is 13.2. The summed E-state index contributed by atoms with van der Waals surface area (Å²) in [7, 11) is 0. The van der Waals surface area contributed by atoms with E-state index in [0.29, 0.717) is 6.04 Å².